The van der Waals surface area contributed by atoms with Gasteiger partial charge in [-0.05, 0) is 38.5 Å². The van der Waals surface area contributed by atoms with Crippen molar-refractivity contribution < 1.29 is 9.90 Å². The molecule has 2 nitrogen and oxygen atoms in total. The summed E-state index contributed by atoms with van der Waals surface area (Å²) >= 11 is 0. The Kier molecular flexibility index (Phi) is 12.8. The highest BCUT2D eigenvalue weighted by molar-refractivity contribution is 5.66. The molecule has 0 aliphatic rings. The van der Waals surface area contributed by atoms with E-state index in [1.165, 1.54) is 25.7 Å². The second-order valence-corrected chi connectivity index (χ2v) is 4.31. The normalized spacial score (nSPS) is 12.1. The summed E-state index contributed by atoms with van der Waals surface area (Å²) in [6.45, 7) is 2.16. The molecule has 0 amide bonds. The zero-order valence-corrected chi connectivity index (χ0v) is 11.5. The molecule has 0 bridgehead atoms. The molecule has 0 aliphatic carbocycles. The highest BCUT2D eigenvalue weighted by Crippen LogP contribution is 2.04. The molecule has 2 heteroatoms. The number of allylic oxidation sites excluding steroid dienone is 6. The van der Waals surface area contributed by atoms with Crippen LogP contribution in [0.25, 0.3) is 0 Å². The minimum atomic E-state index is -0.735. The van der Waals surface area contributed by atoms with E-state index in [-0.39, 0.29) is 6.42 Å². The minimum absolute atomic E-state index is 0.218. The largest absolute Gasteiger partial charge is 0.481 e. The van der Waals surface area contributed by atoms with E-state index >= 15 is 0 Å². The van der Waals surface area contributed by atoms with E-state index in [4.69, 9.17) is 5.11 Å². The Morgan fingerprint density at radius 3 is 2.11 bits per heavy atom. The van der Waals surface area contributed by atoms with Crippen LogP contribution in [0.15, 0.2) is 36.5 Å². The number of unbranched alkanes of at least 4 members (excludes halogenated alkanes) is 4. The van der Waals surface area contributed by atoms with E-state index < -0.39 is 5.97 Å². The van der Waals surface area contributed by atoms with Crippen molar-refractivity contribution in [2.75, 3.05) is 0 Å². The maximum atomic E-state index is 10.2. The summed E-state index contributed by atoms with van der Waals surface area (Å²) in [5.41, 5.74) is 0. The molecule has 1 N–H and O–H groups in total. The predicted molar refractivity (Wildman–Crippen MR) is 77.7 cm³/mol. The van der Waals surface area contributed by atoms with Gasteiger partial charge in [-0.15, -0.1) is 0 Å². The number of rotatable bonds is 11. The molecule has 0 heterocycles. The van der Waals surface area contributed by atoms with Crippen LogP contribution in [-0.4, -0.2) is 11.1 Å². The SMILES string of the molecule is CC/C=C/CCCCC/C=C/C=C/CCC(=O)O. The van der Waals surface area contributed by atoms with Gasteiger partial charge in [-0.1, -0.05) is 49.8 Å². The number of carboxylic acid groups (broad SMARTS) is 1. The minimum Gasteiger partial charge on any atom is -0.481 e. The smallest absolute Gasteiger partial charge is 0.303 e. The Bertz CT molecular complexity index is 275. The lowest BCUT2D eigenvalue weighted by atomic mass is 10.1. The summed E-state index contributed by atoms with van der Waals surface area (Å²) in [6, 6.07) is 0. The quantitative estimate of drug-likeness (QED) is 0.322. The molecular formula is C16H26O2. The van der Waals surface area contributed by atoms with Crippen LogP contribution in [0.5, 0.6) is 0 Å². The van der Waals surface area contributed by atoms with Crippen molar-refractivity contribution in [3.63, 3.8) is 0 Å². The Morgan fingerprint density at radius 1 is 0.889 bits per heavy atom. The zero-order chi connectivity index (χ0) is 13.5. The monoisotopic (exact) mass is 250 g/mol. The molecule has 0 saturated carbocycles. The van der Waals surface area contributed by atoms with Crippen LogP contribution < -0.4 is 0 Å². The van der Waals surface area contributed by atoms with Crippen LogP contribution in [0.2, 0.25) is 0 Å². The highest BCUT2D eigenvalue weighted by Gasteiger charge is 1.90. The Hall–Kier alpha value is -1.31. The number of carboxylic acids is 1. The van der Waals surface area contributed by atoms with Crippen molar-refractivity contribution in [3.8, 4) is 0 Å². The molecule has 0 saturated heterocycles. The maximum absolute atomic E-state index is 10.2. The number of aliphatic carboxylic acids is 1. The Morgan fingerprint density at radius 2 is 1.50 bits per heavy atom. The molecule has 0 aliphatic heterocycles. The number of carbonyl (C=O) groups is 1. The molecule has 102 valence electrons. The third-order valence-electron chi connectivity index (χ3n) is 2.55. The Labute approximate surface area is 111 Å². The van der Waals surface area contributed by atoms with Gasteiger partial charge in [0.2, 0.25) is 0 Å². The van der Waals surface area contributed by atoms with Gasteiger partial charge in [-0.25, -0.2) is 0 Å². The Balaban J connectivity index is 3.27. The summed E-state index contributed by atoms with van der Waals surface area (Å²) in [5, 5.41) is 8.43. The summed E-state index contributed by atoms with van der Waals surface area (Å²) in [7, 11) is 0. The molecule has 18 heavy (non-hydrogen) atoms. The van der Waals surface area contributed by atoms with Gasteiger partial charge in [-0.2, -0.15) is 0 Å². The predicted octanol–water partition coefficient (Wildman–Crippen LogP) is 4.88. The van der Waals surface area contributed by atoms with Crippen molar-refractivity contribution >= 4 is 5.97 Å². The standard InChI is InChI=1S/C16H26O2/c1-2-3-4-5-6-7-8-9-10-11-12-13-14-15-16(17)18/h3-4,10-13H,2,5-9,14-15H2,1H3,(H,17,18)/b4-3+,11-10+,13-12+. The van der Waals surface area contributed by atoms with Crippen molar-refractivity contribution in [1.29, 1.82) is 0 Å². The van der Waals surface area contributed by atoms with Crippen LogP contribution in [0.1, 0.15) is 58.3 Å². The first-order chi connectivity index (χ1) is 8.77. The molecule has 0 radical (unpaired) electrons. The van der Waals surface area contributed by atoms with Gasteiger partial charge in [0.25, 0.3) is 0 Å². The number of hydrogen-bond donors (Lipinski definition) is 1. The maximum Gasteiger partial charge on any atom is 0.303 e. The first-order valence-electron chi connectivity index (χ1n) is 6.95. The van der Waals surface area contributed by atoms with Gasteiger partial charge in [0.05, 0.1) is 0 Å². The molecule has 0 rings (SSSR count). The third-order valence-corrected chi connectivity index (χ3v) is 2.55. The van der Waals surface area contributed by atoms with Crippen molar-refractivity contribution in [2.24, 2.45) is 0 Å². The van der Waals surface area contributed by atoms with Gasteiger partial charge in [0.1, 0.15) is 0 Å². The molecular weight excluding hydrogens is 224 g/mol. The molecule has 0 aromatic heterocycles. The van der Waals surface area contributed by atoms with Crippen LogP contribution in [0.4, 0.5) is 0 Å². The van der Waals surface area contributed by atoms with E-state index in [2.05, 4.69) is 25.2 Å². The van der Waals surface area contributed by atoms with Crippen molar-refractivity contribution in [3.05, 3.63) is 36.5 Å². The van der Waals surface area contributed by atoms with Crippen LogP contribution >= 0.6 is 0 Å². The molecule has 0 unspecified atom stereocenters. The second-order valence-electron chi connectivity index (χ2n) is 4.31. The number of hydrogen-bond acceptors (Lipinski definition) is 1. The molecule has 0 fully saturated rings. The fourth-order valence-electron chi connectivity index (χ4n) is 1.54. The molecule has 0 aromatic carbocycles. The van der Waals surface area contributed by atoms with Crippen molar-refractivity contribution in [2.45, 2.75) is 58.3 Å². The lowest BCUT2D eigenvalue weighted by molar-refractivity contribution is -0.136. The third kappa shape index (κ3) is 14.7. The first-order valence-corrected chi connectivity index (χ1v) is 6.95. The van der Waals surface area contributed by atoms with Crippen LogP contribution in [0.3, 0.4) is 0 Å². The topological polar surface area (TPSA) is 37.3 Å². The van der Waals surface area contributed by atoms with E-state index in [9.17, 15) is 4.79 Å². The van der Waals surface area contributed by atoms with E-state index in [0.29, 0.717) is 6.42 Å². The van der Waals surface area contributed by atoms with Gasteiger partial charge in [0, 0.05) is 6.42 Å². The van der Waals surface area contributed by atoms with E-state index in [0.717, 1.165) is 12.8 Å². The van der Waals surface area contributed by atoms with Gasteiger partial charge in [0.15, 0.2) is 0 Å². The van der Waals surface area contributed by atoms with Gasteiger partial charge < -0.3 is 5.11 Å². The first kappa shape index (κ1) is 16.7. The fraction of sp³-hybridized carbons (Fsp3) is 0.562. The van der Waals surface area contributed by atoms with Crippen molar-refractivity contribution in [1.82, 2.24) is 0 Å². The second kappa shape index (κ2) is 13.8. The van der Waals surface area contributed by atoms with Gasteiger partial charge >= 0.3 is 5.97 Å². The lowest BCUT2D eigenvalue weighted by Crippen LogP contribution is -1.91. The van der Waals surface area contributed by atoms with E-state index in [1.807, 2.05) is 18.2 Å². The van der Waals surface area contributed by atoms with Gasteiger partial charge in [-0.3, -0.25) is 4.79 Å². The highest BCUT2D eigenvalue weighted by atomic mass is 16.4. The molecule has 0 atom stereocenters. The summed E-state index contributed by atoms with van der Waals surface area (Å²) in [5.74, 6) is -0.735. The average Bonchev–Trinajstić information content (AvgIpc) is 2.34. The van der Waals surface area contributed by atoms with E-state index in [1.54, 1.807) is 0 Å². The summed E-state index contributed by atoms with van der Waals surface area (Å²) in [6.07, 6.45) is 20.6. The van der Waals surface area contributed by atoms with Crippen LogP contribution in [-0.2, 0) is 4.79 Å². The lowest BCUT2D eigenvalue weighted by Gasteiger charge is -1.94. The summed E-state index contributed by atoms with van der Waals surface area (Å²) < 4.78 is 0. The van der Waals surface area contributed by atoms with Crippen LogP contribution in [0, 0.1) is 0 Å². The molecule has 0 spiro atoms. The zero-order valence-electron chi connectivity index (χ0n) is 11.5. The summed E-state index contributed by atoms with van der Waals surface area (Å²) in [4.78, 5) is 10.2. The fourth-order valence-corrected chi connectivity index (χ4v) is 1.54. The molecule has 0 aromatic rings. The average molecular weight is 250 g/mol.